The van der Waals surface area contributed by atoms with Crippen molar-refractivity contribution in [3.8, 4) is 0 Å². The third-order valence-corrected chi connectivity index (χ3v) is 3.87. The van der Waals surface area contributed by atoms with Gasteiger partial charge in [0.25, 0.3) is 0 Å². The maximum Gasteiger partial charge on any atom is 0.416 e. The van der Waals surface area contributed by atoms with Crippen LogP contribution in [-0.4, -0.2) is 16.4 Å². The molecule has 0 saturated carbocycles. The molecule has 0 aliphatic rings. The minimum Gasteiger partial charge on any atom is -0.364 e. The first-order valence-corrected chi connectivity index (χ1v) is 8.09. The minimum absolute atomic E-state index is 0.0151. The van der Waals surface area contributed by atoms with Gasteiger partial charge in [0.2, 0.25) is 12.4 Å². The molecule has 3 rings (SSSR count). The van der Waals surface area contributed by atoms with Crippen molar-refractivity contribution in [2.45, 2.75) is 12.7 Å². The molecular formula is C19H14F4N4O. The van der Waals surface area contributed by atoms with Gasteiger partial charge < -0.3 is 5.32 Å². The number of hydrogen-bond donors (Lipinski definition) is 1. The fourth-order valence-electron chi connectivity index (χ4n) is 2.53. The standard InChI is InChI=1S/C19H14F4N4O/c20-17-5-4-16(18(26-17)25-11-13-6-8-24-9-7-13)27(12-28)15-3-1-2-14(10-15)19(21,22)23/h1-10,12H,11H2,(H,25,26). The topological polar surface area (TPSA) is 58.1 Å². The van der Waals surface area contributed by atoms with Crippen LogP contribution in [0.4, 0.5) is 34.8 Å². The first-order chi connectivity index (χ1) is 13.4. The van der Waals surface area contributed by atoms with Crippen LogP contribution in [0.5, 0.6) is 0 Å². The highest BCUT2D eigenvalue weighted by atomic mass is 19.4. The Morgan fingerprint density at radius 2 is 1.82 bits per heavy atom. The van der Waals surface area contributed by atoms with Crippen LogP contribution in [0, 0.1) is 5.95 Å². The van der Waals surface area contributed by atoms with Crippen LogP contribution in [0.1, 0.15) is 11.1 Å². The van der Waals surface area contributed by atoms with Crippen molar-refractivity contribution < 1.29 is 22.4 Å². The Morgan fingerprint density at radius 3 is 2.50 bits per heavy atom. The number of nitrogens with one attached hydrogen (secondary N) is 1. The zero-order valence-corrected chi connectivity index (χ0v) is 14.3. The Bertz CT molecular complexity index is 964. The van der Waals surface area contributed by atoms with Gasteiger partial charge in [-0.1, -0.05) is 6.07 Å². The largest absolute Gasteiger partial charge is 0.416 e. The summed E-state index contributed by atoms with van der Waals surface area (Å²) in [5, 5.41) is 2.90. The van der Waals surface area contributed by atoms with E-state index in [-0.39, 0.29) is 23.7 Å². The second-order valence-electron chi connectivity index (χ2n) is 5.73. The summed E-state index contributed by atoms with van der Waals surface area (Å²) in [5.74, 6) is -0.780. The van der Waals surface area contributed by atoms with E-state index >= 15 is 0 Å². The summed E-state index contributed by atoms with van der Waals surface area (Å²) in [5.41, 5.74) is 0.0110. The number of anilines is 3. The summed E-state index contributed by atoms with van der Waals surface area (Å²) in [7, 11) is 0. The molecule has 0 bridgehead atoms. The molecule has 2 aromatic heterocycles. The lowest BCUT2D eigenvalue weighted by Gasteiger charge is -2.21. The Morgan fingerprint density at radius 1 is 1.07 bits per heavy atom. The molecule has 0 radical (unpaired) electrons. The van der Waals surface area contributed by atoms with E-state index in [1.807, 2.05) is 0 Å². The van der Waals surface area contributed by atoms with Crippen molar-refractivity contribution in [2.24, 2.45) is 0 Å². The summed E-state index contributed by atoms with van der Waals surface area (Å²) in [6, 6.07) is 10.0. The van der Waals surface area contributed by atoms with Gasteiger partial charge in [0.1, 0.15) is 0 Å². The molecular weight excluding hydrogens is 376 g/mol. The Balaban J connectivity index is 1.95. The maximum atomic E-state index is 13.6. The van der Waals surface area contributed by atoms with Crippen LogP contribution in [0.25, 0.3) is 0 Å². The molecule has 0 unspecified atom stereocenters. The fraction of sp³-hybridized carbons (Fsp3) is 0.105. The number of alkyl halides is 3. The van der Waals surface area contributed by atoms with Crippen LogP contribution in [0.15, 0.2) is 60.9 Å². The van der Waals surface area contributed by atoms with Gasteiger partial charge in [-0.3, -0.25) is 14.7 Å². The molecule has 2 heterocycles. The van der Waals surface area contributed by atoms with Gasteiger partial charge in [-0.2, -0.15) is 17.6 Å². The van der Waals surface area contributed by atoms with E-state index in [2.05, 4.69) is 15.3 Å². The molecule has 0 spiro atoms. The van der Waals surface area contributed by atoms with Crippen LogP contribution >= 0.6 is 0 Å². The number of benzene rings is 1. The highest BCUT2D eigenvalue weighted by Crippen LogP contribution is 2.35. The highest BCUT2D eigenvalue weighted by molar-refractivity contribution is 5.91. The van der Waals surface area contributed by atoms with Crippen molar-refractivity contribution >= 4 is 23.6 Å². The Labute approximate surface area is 157 Å². The smallest absolute Gasteiger partial charge is 0.364 e. The molecule has 1 aromatic carbocycles. The number of carbonyl (C=O) groups excluding carboxylic acids is 1. The number of pyridine rings is 2. The van der Waals surface area contributed by atoms with Gasteiger partial charge >= 0.3 is 6.18 Å². The number of amides is 1. The minimum atomic E-state index is -4.56. The lowest BCUT2D eigenvalue weighted by molar-refractivity contribution is -0.137. The van der Waals surface area contributed by atoms with Gasteiger partial charge in [0.05, 0.1) is 11.3 Å². The first kappa shape index (κ1) is 19.3. The van der Waals surface area contributed by atoms with Gasteiger partial charge in [-0.15, -0.1) is 0 Å². The third kappa shape index (κ3) is 4.43. The Kier molecular flexibility index (Phi) is 5.53. The summed E-state index contributed by atoms with van der Waals surface area (Å²) in [6.07, 6.45) is -1.05. The van der Waals surface area contributed by atoms with Crippen molar-refractivity contribution in [3.63, 3.8) is 0 Å². The van der Waals surface area contributed by atoms with E-state index in [1.165, 1.54) is 18.2 Å². The molecule has 0 atom stereocenters. The van der Waals surface area contributed by atoms with Crippen molar-refractivity contribution in [1.29, 1.82) is 0 Å². The van der Waals surface area contributed by atoms with Gasteiger partial charge in [-0.25, -0.2) is 4.98 Å². The van der Waals surface area contributed by atoms with Crippen molar-refractivity contribution in [1.82, 2.24) is 9.97 Å². The molecule has 28 heavy (non-hydrogen) atoms. The zero-order valence-electron chi connectivity index (χ0n) is 14.3. The SMILES string of the molecule is O=CN(c1cccc(C(F)(F)F)c1)c1ccc(F)nc1NCc1ccncc1. The summed E-state index contributed by atoms with van der Waals surface area (Å²) in [6.45, 7) is 0.251. The van der Waals surface area contributed by atoms with E-state index < -0.39 is 17.7 Å². The summed E-state index contributed by atoms with van der Waals surface area (Å²) in [4.78, 5) is 20.3. The van der Waals surface area contributed by atoms with E-state index in [4.69, 9.17) is 0 Å². The summed E-state index contributed by atoms with van der Waals surface area (Å²) < 4.78 is 52.6. The van der Waals surface area contributed by atoms with E-state index in [0.717, 1.165) is 28.7 Å². The molecule has 144 valence electrons. The quantitative estimate of drug-likeness (QED) is 0.381. The molecule has 1 amide bonds. The van der Waals surface area contributed by atoms with Gasteiger partial charge in [-0.05, 0) is 48.0 Å². The van der Waals surface area contributed by atoms with Gasteiger partial charge in [0.15, 0.2) is 5.82 Å². The molecule has 3 aromatic rings. The average Bonchev–Trinajstić information content (AvgIpc) is 2.69. The first-order valence-electron chi connectivity index (χ1n) is 8.09. The zero-order chi connectivity index (χ0) is 20.1. The van der Waals surface area contributed by atoms with Crippen LogP contribution < -0.4 is 10.2 Å². The predicted molar refractivity (Wildman–Crippen MR) is 95.4 cm³/mol. The number of carbonyl (C=O) groups is 1. The molecule has 0 aliphatic carbocycles. The Hall–Kier alpha value is -3.49. The van der Waals surface area contributed by atoms with E-state index in [0.29, 0.717) is 6.41 Å². The van der Waals surface area contributed by atoms with Gasteiger partial charge in [0, 0.05) is 24.6 Å². The predicted octanol–water partition coefficient (Wildman–Crippen LogP) is 4.54. The van der Waals surface area contributed by atoms with Crippen LogP contribution in [0.2, 0.25) is 0 Å². The average molecular weight is 390 g/mol. The number of nitrogens with zero attached hydrogens (tertiary/aromatic N) is 3. The maximum absolute atomic E-state index is 13.6. The summed E-state index contributed by atoms with van der Waals surface area (Å²) >= 11 is 0. The molecule has 9 heteroatoms. The molecule has 0 aliphatic heterocycles. The third-order valence-electron chi connectivity index (χ3n) is 3.87. The van der Waals surface area contributed by atoms with Crippen molar-refractivity contribution in [3.05, 3.63) is 78.0 Å². The fourth-order valence-corrected chi connectivity index (χ4v) is 2.53. The monoisotopic (exact) mass is 390 g/mol. The second-order valence-corrected chi connectivity index (χ2v) is 5.73. The highest BCUT2D eigenvalue weighted by Gasteiger charge is 2.31. The molecule has 0 fully saturated rings. The second kappa shape index (κ2) is 8.03. The van der Waals surface area contributed by atoms with Crippen LogP contribution in [-0.2, 0) is 17.5 Å². The van der Waals surface area contributed by atoms with E-state index in [1.54, 1.807) is 24.5 Å². The van der Waals surface area contributed by atoms with Crippen LogP contribution in [0.3, 0.4) is 0 Å². The molecule has 5 nitrogen and oxygen atoms in total. The number of aromatic nitrogens is 2. The molecule has 1 N–H and O–H groups in total. The molecule has 0 saturated heterocycles. The van der Waals surface area contributed by atoms with E-state index in [9.17, 15) is 22.4 Å². The number of halogens is 4. The normalized spacial score (nSPS) is 11.1. The van der Waals surface area contributed by atoms with Crippen molar-refractivity contribution in [2.75, 3.05) is 10.2 Å². The number of rotatable bonds is 6. The lowest BCUT2D eigenvalue weighted by atomic mass is 10.1. The lowest BCUT2D eigenvalue weighted by Crippen LogP contribution is -2.18. The number of hydrogen-bond acceptors (Lipinski definition) is 4.